The van der Waals surface area contributed by atoms with Crippen molar-refractivity contribution in [3.05, 3.63) is 59.7 Å². The van der Waals surface area contributed by atoms with Crippen LogP contribution < -0.4 is 66.0 Å². The first kappa shape index (κ1) is 33.1. The molecule has 2 aromatic rings. The smallest absolute Gasteiger partial charge is 0.546 e. The van der Waals surface area contributed by atoms with Crippen LogP contribution in [0.1, 0.15) is 102 Å². The van der Waals surface area contributed by atoms with E-state index in [4.69, 9.17) is 9.47 Å². The van der Waals surface area contributed by atoms with Crippen molar-refractivity contribution in [3.63, 3.8) is 0 Å². The van der Waals surface area contributed by atoms with Crippen LogP contribution in [0.15, 0.2) is 48.5 Å². The summed E-state index contributed by atoms with van der Waals surface area (Å²) in [6.45, 7) is 5.65. The normalized spacial score (nSPS) is 11.1. The Morgan fingerprint density at radius 2 is 1.00 bits per heavy atom. The first-order chi connectivity index (χ1) is 17.0. The number of hydrogen-bond acceptors (Lipinski definition) is 5. The average Bonchev–Trinajstić information content (AvgIpc) is 2.88. The number of carbonyl (C=O) groups excluding carboxylic acids is 1. The molecule has 36 heavy (non-hydrogen) atoms. The number of rotatable bonds is 19. The van der Waals surface area contributed by atoms with E-state index in [1.54, 1.807) is 48.5 Å². The van der Waals surface area contributed by atoms with Crippen molar-refractivity contribution in [1.82, 2.24) is 0 Å². The van der Waals surface area contributed by atoms with Crippen molar-refractivity contribution in [2.45, 2.75) is 96.5 Å². The summed E-state index contributed by atoms with van der Waals surface area (Å²) >= 11 is 0. The minimum Gasteiger partial charge on any atom is -0.546 e. The SMILES string of the molecule is CCCCCCCCOc1ccc(C(O)(C(=O)[O-])c2ccc(OCCCCCCCC)cc2)cc1.[K+]. The molecule has 0 atom stereocenters. The molecule has 6 heteroatoms. The molecule has 0 saturated heterocycles. The molecule has 0 radical (unpaired) electrons. The third-order valence-corrected chi connectivity index (χ3v) is 6.37. The molecular formula is C30H43KO5. The van der Waals surface area contributed by atoms with E-state index in [2.05, 4.69) is 13.8 Å². The molecule has 0 spiro atoms. The molecule has 0 amide bonds. The minimum absolute atomic E-state index is 0. The Labute approximate surface area is 260 Å². The molecule has 0 aliphatic heterocycles. The van der Waals surface area contributed by atoms with Crippen LogP contribution in [-0.4, -0.2) is 24.3 Å². The number of benzene rings is 2. The van der Waals surface area contributed by atoms with Gasteiger partial charge >= 0.3 is 51.4 Å². The van der Waals surface area contributed by atoms with Gasteiger partial charge in [-0.05, 0) is 48.2 Å². The van der Waals surface area contributed by atoms with E-state index in [0.717, 1.165) is 25.7 Å². The molecule has 1 N–H and O–H groups in total. The van der Waals surface area contributed by atoms with Gasteiger partial charge in [-0.2, -0.15) is 0 Å². The molecule has 0 aromatic heterocycles. The number of ether oxygens (including phenoxy) is 2. The number of carboxylic acid groups (broad SMARTS) is 1. The summed E-state index contributed by atoms with van der Waals surface area (Å²) in [7, 11) is 0. The van der Waals surface area contributed by atoms with Gasteiger partial charge in [0.05, 0.1) is 19.2 Å². The number of aliphatic hydroxyl groups is 1. The second-order valence-corrected chi connectivity index (χ2v) is 9.28. The Bertz CT molecular complexity index is 774. The van der Waals surface area contributed by atoms with Crippen LogP contribution in [0, 0.1) is 0 Å². The van der Waals surface area contributed by atoms with Crippen molar-refractivity contribution in [2.24, 2.45) is 0 Å². The fourth-order valence-electron chi connectivity index (χ4n) is 4.13. The maximum atomic E-state index is 12.0. The predicted octanol–water partition coefficient (Wildman–Crippen LogP) is 3.16. The van der Waals surface area contributed by atoms with Crippen LogP contribution in [0.2, 0.25) is 0 Å². The van der Waals surface area contributed by atoms with E-state index in [0.29, 0.717) is 24.7 Å². The summed E-state index contributed by atoms with van der Waals surface area (Å²) in [5, 5.41) is 23.1. The summed E-state index contributed by atoms with van der Waals surface area (Å²) in [6, 6.07) is 13.1. The molecule has 0 unspecified atom stereocenters. The van der Waals surface area contributed by atoms with Crippen molar-refractivity contribution < 1.29 is 75.9 Å². The Hall–Kier alpha value is -0.894. The zero-order valence-electron chi connectivity index (χ0n) is 22.6. The molecule has 0 bridgehead atoms. The third kappa shape index (κ3) is 11.2. The third-order valence-electron chi connectivity index (χ3n) is 6.37. The molecule has 0 fully saturated rings. The van der Waals surface area contributed by atoms with Gasteiger partial charge in [-0.3, -0.25) is 0 Å². The molecular weight excluding hydrogens is 479 g/mol. The van der Waals surface area contributed by atoms with Crippen molar-refractivity contribution in [3.8, 4) is 11.5 Å². The topological polar surface area (TPSA) is 78.8 Å². The van der Waals surface area contributed by atoms with E-state index in [1.807, 2.05) is 0 Å². The zero-order chi connectivity index (χ0) is 25.4. The van der Waals surface area contributed by atoms with Crippen LogP contribution in [-0.2, 0) is 10.4 Å². The summed E-state index contributed by atoms with van der Waals surface area (Å²) < 4.78 is 11.5. The molecule has 2 aromatic carbocycles. The second-order valence-electron chi connectivity index (χ2n) is 9.28. The largest absolute Gasteiger partial charge is 1.00 e. The van der Waals surface area contributed by atoms with E-state index in [1.165, 1.54) is 51.4 Å². The maximum Gasteiger partial charge on any atom is 1.00 e. The monoisotopic (exact) mass is 522 g/mol. The van der Waals surface area contributed by atoms with Gasteiger partial charge in [0.2, 0.25) is 0 Å². The summed E-state index contributed by atoms with van der Waals surface area (Å²) in [6.07, 6.45) is 14.2. The summed E-state index contributed by atoms with van der Waals surface area (Å²) in [4.78, 5) is 12.0. The van der Waals surface area contributed by atoms with Crippen molar-refractivity contribution in [1.29, 1.82) is 0 Å². The van der Waals surface area contributed by atoms with E-state index < -0.39 is 11.6 Å². The fraction of sp³-hybridized carbons (Fsp3) is 0.567. The van der Waals surface area contributed by atoms with E-state index >= 15 is 0 Å². The van der Waals surface area contributed by atoms with Crippen molar-refractivity contribution >= 4 is 5.97 Å². The fourth-order valence-corrected chi connectivity index (χ4v) is 4.13. The van der Waals surface area contributed by atoms with Gasteiger partial charge in [-0.15, -0.1) is 0 Å². The first-order valence-corrected chi connectivity index (χ1v) is 13.4. The van der Waals surface area contributed by atoms with Gasteiger partial charge in [-0.25, -0.2) is 0 Å². The van der Waals surface area contributed by atoms with Crippen LogP contribution in [0.5, 0.6) is 11.5 Å². The maximum absolute atomic E-state index is 12.0. The van der Waals surface area contributed by atoms with Gasteiger partial charge < -0.3 is 24.5 Å². The number of aliphatic carboxylic acids is 1. The summed E-state index contributed by atoms with van der Waals surface area (Å²) in [5.41, 5.74) is -1.80. The quantitative estimate of drug-likeness (QED) is 0.227. The molecule has 5 nitrogen and oxygen atoms in total. The molecule has 2 rings (SSSR count). The molecule has 0 heterocycles. The van der Waals surface area contributed by atoms with Gasteiger partial charge in [0.15, 0.2) is 5.60 Å². The first-order valence-electron chi connectivity index (χ1n) is 13.4. The number of carboxylic acids is 1. The molecule has 0 saturated carbocycles. The average molecular weight is 523 g/mol. The minimum atomic E-state index is -2.25. The van der Waals surface area contributed by atoms with Crippen LogP contribution in [0.4, 0.5) is 0 Å². The van der Waals surface area contributed by atoms with Gasteiger partial charge in [0.1, 0.15) is 11.5 Å². The standard InChI is InChI=1S/C30H44O5.K/c1-3-5-7-9-11-13-23-34-27-19-15-25(16-20-27)30(33,29(31)32)26-17-21-28(22-18-26)35-24-14-12-10-8-6-4-2;/h15-22,33H,3-14,23-24H2,1-2H3,(H,31,32);/q;+1/p-1. The second kappa shape index (κ2) is 19.2. The Kier molecular flexibility index (Phi) is 17.7. The Balaban J connectivity index is 0.00000648. The molecule has 194 valence electrons. The Morgan fingerprint density at radius 1 is 0.667 bits per heavy atom. The van der Waals surface area contributed by atoms with Crippen LogP contribution in [0.25, 0.3) is 0 Å². The zero-order valence-corrected chi connectivity index (χ0v) is 25.7. The van der Waals surface area contributed by atoms with Crippen LogP contribution >= 0.6 is 0 Å². The molecule has 0 aliphatic rings. The summed E-state index contributed by atoms with van der Waals surface area (Å²) in [5.74, 6) is -0.262. The number of hydrogen-bond donors (Lipinski definition) is 1. The predicted molar refractivity (Wildman–Crippen MR) is 139 cm³/mol. The van der Waals surface area contributed by atoms with Crippen molar-refractivity contribution in [2.75, 3.05) is 13.2 Å². The van der Waals surface area contributed by atoms with Gasteiger partial charge in [-0.1, -0.05) is 102 Å². The van der Waals surface area contributed by atoms with Gasteiger partial charge in [0.25, 0.3) is 0 Å². The number of unbranched alkanes of at least 4 members (excludes halogenated alkanes) is 10. The number of carbonyl (C=O) groups is 1. The molecule has 0 aliphatic carbocycles. The van der Waals surface area contributed by atoms with Gasteiger partial charge in [0, 0.05) is 0 Å². The van der Waals surface area contributed by atoms with Crippen LogP contribution in [0.3, 0.4) is 0 Å². The van der Waals surface area contributed by atoms with E-state index in [-0.39, 0.29) is 62.5 Å². The Morgan fingerprint density at radius 3 is 1.33 bits per heavy atom. The van der Waals surface area contributed by atoms with E-state index in [9.17, 15) is 15.0 Å².